The van der Waals surface area contributed by atoms with Crippen LogP contribution in [0.25, 0.3) is 10.9 Å². The van der Waals surface area contributed by atoms with E-state index in [0.29, 0.717) is 25.3 Å². The van der Waals surface area contributed by atoms with Crippen molar-refractivity contribution in [3.8, 4) is 0 Å². The summed E-state index contributed by atoms with van der Waals surface area (Å²) < 4.78 is 7.40. The third kappa shape index (κ3) is 3.91. The molecule has 0 fully saturated rings. The van der Waals surface area contributed by atoms with Gasteiger partial charge < -0.3 is 19.5 Å². The zero-order chi connectivity index (χ0) is 22.7. The molecule has 0 radical (unpaired) electrons. The number of amides is 2. The first-order valence-electron chi connectivity index (χ1n) is 11.3. The first kappa shape index (κ1) is 22.1. The predicted molar refractivity (Wildman–Crippen MR) is 126 cm³/mol. The summed E-state index contributed by atoms with van der Waals surface area (Å²) in [4.78, 5) is 29.0. The quantitative estimate of drug-likeness (QED) is 0.546. The lowest BCUT2D eigenvalue weighted by Crippen LogP contribution is -2.48. The Morgan fingerprint density at radius 2 is 1.84 bits per heavy atom. The molecule has 1 aliphatic rings. The monoisotopic (exact) mass is 433 g/mol. The second-order valence-corrected chi connectivity index (χ2v) is 8.36. The number of rotatable bonds is 8. The molecule has 0 aliphatic carbocycles. The highest BCUT2D eigenvalue weighted by atomic mass is 16.5. The van der Waals surface area contributed by atoms with Crippen molar-refractivity contribution in [1.29, 1.82) is 0 Å². The summed E-state index contributed by atoms with van der Waals surface area (Å²) in [6, 6.07) is 15.2. The van der Waals surface area contributed by atoms with Crippen LogP contribution in [0.5, 0.6) is 0 Å². The number of benzene rings is 2. The van der Waals surface area contributed by atoms with Crippen molar-refractivity contribution in [2.45, 2.75) is 31.7 Å². The van der Waals surface area contributed by atoms with E-state index in [-0.39, 0.29) is 11.8 Å². The molecule has 0 spiro atoms. The molecule has 1 aliphatic heterocycles. The molecule has 0 bridgehead atoms. The molecule has 2 unspecified atom stereocenters. The van der Waals surface area contributed by atoms with Gasteiger partial charge in [-0.2, -0.15) is 0 Å². The van der Waals surface area contributed by atoms with Gasteiger partial charge in [-0.05, 0) is 24.1 Å². The van der Waals surface area contributed by atoms with Crippen LogP contribution in [-0.4, -0.2) is 48.1 Å². The van der Waals surface area contributed by atoms with E-state index in [9.17, 15) is 9.59 Å². The molecule has 168 valence electrons. The largest absolute Gasteiger partial charge is 0.383 e. The maximum Gasteiger partial charge on any atom is 0.254 e. The van der Waals surface area contributed by atoms with E-state index < -0.39 is 12.0 Å². The molecule has 2 amide bonds. The van der Waals surface area contributed by atoms with Gasteiger partial charge >= 0.3 is 0 Å². The topological polar surface area (TPSA) is 63.6 Å². The Bertz CT molecular complexity index is 1120. The molecule has 6 nitrogen and oxygen atoms in total. The van der Waals surface area contributed by atoms with Gasteiger partial charge in [-0.3, -0.25) is 9.59 Å². The third-order valence-corrected chi connectivity index (χ3v) is 6.33. The molecule has 1 aromatic heterocycles. The fourth-order valence-corrected chi connectivity index (χ4v) is 4.76. The smallest absolute Gasteiger partial charge is 0.254 e. The number of fused-ring (bicyclic) bond motifs is 2. The van der Waals surface area contributed by atoms with Crippen molar-refractivity contribution in [1.82, 2.24) is 14.8 Å². The van der Waals surface area contributed by atoms with Gasteiger partial charge in [0.1, 0.15) is 0 Å². The molecular weight excluding hydrogens is 402 g/mol. The van der Waals surface area contributed by atoms with Crippen LogP contribution >= 0.6 is 0 Å². The van der Waals surface area contributed by atoms with Crippen LogP contribution in [0.2, 0.25) is 0 Å². The van der Waals surface area contributed by atoms with Crippen LogP contribution in [-0.2, 0) is 16.6 Å². The first-order chi connectivity index (χ1) is 15.6. The van der Waals surface area contributed by atoms with Crippen LogP contribution in [0, 0.1) is 0 Å². The zero-order valence-electron chi connectivity index (χ0n) is 19.0. The summed E-state index contributed by atoms with van der Waals surface area (Å²) in [7, 11) is 3.63. The number of aromatic nitrogens is 1. The van der Waals surface area contributed by atoms with Gasteiger partial charge in [-0.25, -0.2) is 0 Å². The van der Waals surface area contributed by atoms with Crippen LogP contribution in [0.15, 0.2) is 54.7 Å². The van der Waals surface area contributed by atoms with E-state index in [1.807, 2.05) is 48.3 Å². The van der Waals surface area contributed by atoms with Crippen molar-refractivity contribution >= 4 is 22.7 Å². The van der Waals surface area contributed by atoms with Crippen LogP contribution < -0.4 is 5.32 Å². The number of carbonyl (C=O) groups is 2. The minimum atomic E-state index is -0.497. The summed E-state index contributed by atoms with van der Waals surface area (Å²) in [6.07, 6.45) is 3.99. The number of carbonyl (C=O) groups excluding carboxylic acids is 2. The average Bonchev–Trinajstić information content (AvgIpc) is 3.14. The highest BCUT2D eigenvalue weighted by molar-refractivity contribution is 6.02. The van der Waals surface area contributed by atoms with Crippen molar-refractivity contribution in [3.63, 3.8) is 0 Å². The van der Waals surface area contributed by atoms with Gasteiger partial charge in [0.05, 0.1) is 18.6 Å². The normalized spacial score (nSPS) is 18.1. The fourth-order valence-electron chi connectivity index (χ4n) is 4.76. The molecule has 0 saturated heterocycles. The van der Waals surface area contributed by atoms with Gasteiger partial charge in [0, 0.05) is 55.5 Å². The zero-order valence-corrected chi connectivity index (χ0v) is 19.0. The summed E-state index contributed by atoms with van der Waals surface area (Å²) in [5.41, 5.74) is 3.44. The Morgan fingerprint density at radius 1 is 1.09 bits per heavy atom. The average molecular weight is 434 g/mol. The minimum absolute atomic E-state index is 0.0428. The third-order valence-electron chi connectivity index (χ3n) is 6.33. The SMILES string of the molecule is CCCCNC(=O)C1c2ccccc2C(=O)N(CCOC)C1c1cn(C)c2ccccc12. The Balaban J connectivity index is 1.90. The molecule has 1 N–H and O–H groups in total. The number of unbranched alkanes of at least 4 members (excludes halogenated alkanes) is 1. The predicted octanol–water partition coefficient (Wildman–Crippen LogP) is 4.02. The second-order valence-electron chi connectivity index (χ2n) is 8.36. The Labute approximate surface area is 189 Å². The molecule has 0 saturated carbocycles. The number of hydrogen-bond acceptors (Lipinski definition) is 3. The van der Waals surface area contributed by atoms with Gasteiger partial charge in [-0.15, -0.1) is 0 Å². The fraction of sp³-hybridized carbons (Fsp3) is 0.385. The van der Waals surface area contributed by atoms with Gasteiger partial charge in [0.15, 0.2) is 0 Å². The molecule has 4 rings (SSSR count). The summed E-state index contributed by atoms with van der Waals surface area (Å²) in [5, 5.41) is 4.18. The number of nitrogens with one attached hydrogen (secondary N) is 1. The molecular formula is C26H31N3O3. The highest BCUT2D eigenvalue weighted by Crippen LogP contribution is 2.45. The Kier molecular flexibility index (Phi) is 6.61. The van der Waals surface area contributed by atoms with Crippen molar-refractivity contribution in [2.24, 2.45) is 7.05 Å². The van der Waals surface area contributed by atoms with E-state index >= 15 is 0 Å². The van der Waals surface area contributed by atoms with Gasteiger partial charge in [0.2, 0.25) is 5.91 Å². The number of aryl methyl sites for hydroxylation is 1. The van der Waals surface area contributed by atoms with Crippen molar-refractivity contribution < 1.29 is 14.3 Å². The lowest BCUT2D eigenvalue weighted by molar-refractivity contribution is -0.124. The van der Waals surface area contributed by atoms with E-state index in [2.05, 4.69) is 35.1 Å². The molecule has 2 heterocycles. The number of para-hydroxylation sites is 1. The minimum Gasteiger partial charge on any atom is -0.383 e. The molecule has 2 atom stereocenters. The Hall–Kier alpha value is -3.12. The van der Waals surface area contributed by atoms with Gasteiger partial charge in [0.25, 0.3) is 5.91 Å². The number of methoxy groups -OCH3 is 1. The molecule has 2 aromatic carbocycles. The molecule has 6 heteroatoms. The van der Waals surface area contributed by atoms with E-state index in [1.54, 1.807) is 7.11 Å². The van der Waals surface area contributed by atoms with E-state index in [4.69, 9.17) is 4.74 Å². The van der Waals surface area contributed by atoms with Crippen LogP contribution in [0.4, 0.5) is 0 Å². The van der Waals surface area contributed by atoms with Gasteiger partial charge in [-0.1, -0.05) is 49.7 Å². The summed E-state index contributed by atoms with van der Waals surface area (Å²) in [6.45, 7) is 3.55. The van der Waals surface area contributed by atoms with E-state index in [1.165, 1.54) is 0 Å². The second kappa shape index (κ2) is 9.57. The molecule has 3 aromatic rings. The number of ether oxygens (including phenoxy) is 1. The number of hydrogen-bond donors (Lipinski definition) is 1. The van der Waals surface area contributed by atoms with Crippen LogP contribution in [0.1, 0.15) is 53.2 Å². The van der Waals surface area contributed by atoms with Crippen molar-refractivity contribution in [2.75, 3.05) is 26.8 Å². The Morgan fingerprint density at radius 3 is 2.62 bits per heavy atom. The maximum atomic E-state index is 13.6. The lowest BCUT2D eigenvalue weighted by atomic mass is 9.79. The summed E-state index contributed by atoms with van der Waals surface area (Å²) >= 11 is 0. The lowest BCUT2D eigenvalue weighted by Gasteiger charge is -2.41. The standard InChI is InChI=1S/C26H31N3O3/c1-4-5-14-27-25(30)23-19-11-6-7-12-20(19)26(31)29(15-16-32-3)24(23)21-17-28(2)22-13-9-8-10-18(21)22/h6-13,17,23-24H,4-5,14-16H2,1-3H3,(H,27,30). The number of nitrogens with zero attached hydrogens (tertiary/aromatic N) is 2. The molecule has 32 heavy (non-hydrogen) atoms. The van der Waals surface area contributed by atoms with Crippen LogP contribution in [0.3, 0.4) is 0 Å². The summed E-state index contributed by atoms with van der Waals surface area (Å²) in [5.74, 6) is -0.602. The highest BCUT2D eigenvalue weighted by Gasteiger charge is 2.44. The van der Waals surface area contributed by atoms with Crippen molar-refractivity contribution in [3.05, 3.63) is 71.4 Å². The maximum absolute atomic E-state index is 13.6. The van der Waals surface area contributed by atoms with E-state index in [0.717, 1.165) is 34.9 Å². The first-order valence-corrected chi connectivity index (χ1v) is 11.3.